The first-order valence-corrected chi connectivity index (χ1v) is 9.05. The van der Waals surface area contributed by atoms with E-state index in [-0.39, 0.29) is 0 Å². The van der Waals surface area contributed by atoms with Crippen LogP contribution < -0.4 is 0 Å². The highest BCUT2D eigenvalue weighted by Gasteiger charge is 2.40. The molecule has 0 aliphatic carbocycles. The van der Waals surface area contributed by atoms with Crippen molar-refractivity contribution < 1.29 is 23.2 Å². The Balaban J connectivity index is 1.43. The van der Waals surface area contributed by atoms with E-state index in [4.69, 9.17) is 8.83 Å². The van der Waals surface area contributed by atoms with Crippen molar-refractivity contribution >= 4 is 23.4 Å². The molecule has 2 aliphatic rings. The zero-order chi connectivity index (χ0) is 20.0. The molecule has 0 spiro atoms. The van der Waals surface area contributed by atoms with E-state index in [0.29, 0.717) is 34.8 Å². The van der Waals surface area contributed by atoms with Gasteiger partial charge in [0.15, 0.2) is 0 Å². The van der Waals surface area contributed by atoms with Gasteiger partial charge in [-0.05, 0) is 36.4 Å². The minimum Gasteiger partial charge on any atom is -0.467 e. The molecule has 0 radical (unpaired) electrons. The number of nitrogens with zero attached hydrogens (tertiary/aromatic N) is 3. The fraction of sp³-hybridized carbons (Fsp3) is 0.143. The lowest BCUT2D eigenvalue weighted by Crippen LogP contribution is -2.41. The number of fused-ring (bicyclic) bond motifs is 1. The summed E-state index contributed by atoms with van der Waals surface area (Å²) >= 11 is 0. The standard InChI is InChI=1S/C21H15N3O5/c25-19(12-23-20(26)13-5-1-2-6-14(13)21(23)27)24-16(18-8-4-10-29-18)11-15(22-24)17-7-3-9-28-17/h1-10,16H,11-12H2. The monoisotopic (exact) mass is 389 g/mol. The van der Waals surface area contributed by atoms with Crippen molar-refractivity contribution in [2.45, 2.75) is 12.5 Å². The van der Waals surface area contributed by atoms with Gasteiger partial charge in [-0.2, -0.15) is 5.10 Å². The summed E-state index contributed by atoms with van der Waals surface area (Å²) in [5.74, 6) is -0.336. The van der Waals surface area contributed by atoms with Crippen molar-refractivity contribution in [1.29, 1.82) is 0 Å². The van der Waals surface area contributed by atoms with Gasteiger partial charge in [-0.25, -0.2) is 5.01 Å². The molecule has 4 heterocycles. The largest absolute Gasteiger partial charge is 0.467 e. The Hall–Kier alpha value is -3.94. The van der Waals surface area contributed by atoms with Crippen molar-refractivity contribution in [3.8, 4) is 0 Å². The number of imide groups is 1. The maximum Gasteiger partial charge on any atom is 0.263 e. The molecule has 0 saturated carbocycles. The molecule has 0 bridgehead atoms. The maximum atomic E-state index is 13.1. The Morgan fingerprint density at radius 1 is 0.966 bits per heavy atom. The van der Waals surface area contributed by atoms with Crippen molar-refractivity contribution in [2.75, 3.05) is 6.54 Å². The van der Waals surface area contributed by atoms with E-state index in [1.165, 1.54) is 17.5 Å². The van der Waals surface area contributed by atoms with Gasteiger partial charge in [0.2, 0.25) is 0 Å². The molecule has 8 nitrogen and oxygen atoms in total. The van der Waals surface area contributed by atoms with Gasteiger partial charge in [-0.1, -0.05) is 12.1 Å². The van der Waals surface area contributed by atoms with Gasteiger partial charge in [-0.3, -0.25) is 19.3 Å². The first-order valence-electron chi connectivity index (χ1n) is 9.05. The van der Waals surface area contributed by atoms with E-state index >= 15 is 0 Å². The molecule has 144 valence electrons. The summed E-state index contributed by atoms with van der Waals surface area (Å²) in [6.07, 6.45) is 3.45. The molecule has 29 heavy (non-hydrogen) atoms. The van der Waals surface area contributed by atoms with Gasteiger partial charge in [0.05, 0.1) is 23.7 Å². The second kappa shape index (κ2) is 6.59. The molecule has 3 aromatic rings. The predicted octanol–water partition coefficient (Wildman–Crippen LogP) is 2.85. The van der Waals surface area contributed by atoms with E-state index in [2.05, 4.69) is 5.10 Å². The number of hydrazone groups is 1. The molecule has 0 fully saturated rings. The van der Waals surface area contributed by atoms with Crippen LogP contribution in [-0.4, -0.2) is 39.9 Å². The lowest BCUT2D eigenvalue weighted by atomic mass is 10.1. The molecule has 2 aliphatic heterocycles. The van der Waals surface area contributed by atoms with Crippen LogP contribution in [0, 0.1) is 0 Å². The molecule has 3 amide bonds. The molecular formula is C21H15N3O5. The molecule has 1 unspecified atom stereocenters. The summed E-state index contributed by atoms with van der Waals surface area (Å²) in [6, 6.07) is 13.0. The Morgan fingerprint density at radius 3 is 2.28 bits per heavy atom. The second-order valence-corrected chi connectivity index (χ2v) is 6.74. The zero-order valence-corrected chi connectivity index (χ0v) is 15.1. The van der Waals surface area contributed by atoms with Crippen LogP contribution in [0.3, 0.4) is 0 Å². The van der Waals surface area contributed by atoms with Gasteiger partial charge in [0, 0.05) is 6.42 Å². The predicted molar refractivity (Wildman–Crippen MR) is 100.0 cm³/mol. The van der Waals surface area contributed by atoms with Crippen LogP contribution in [0.15, 0.2) is 75.0 Å². The summed E-state index contributed by atoms with van der Waals surface area (Å²) in [7, 11) is 0. The maximum absolute atomic E-state index is 13.1. The van der Waals surface area contributed by atoms with Crippen LogP contribution in [0.25, 0.3) is 0 Å². The van der Waals surface area contributed by atoms with E-state index in [0.717, 1.165) is 4.90 Å². The molecule has 1 aromatic carbocycles. The van der Waals surface area contributed by atoms with Crippen LogP contribution in [0.2, 0.25) is 0 Å². The summed E-state index contributed by atoms with van der Waals surface area (Å²) in [5, 5.41) is 5.67. The molecular weight excluding hydrogens is 374 g/mol. The Morgan fingerprint density at radius 2 is 1.66 bits per heavy atom. The molecule has 0 N–H and O–H groups in total. The molecule has 8 heteroatoms. The molecule has 2 aromatic heterocycles. The molecule has 1 atom stereocenters. The summed E-state index contributed by atoms with van der Waals surface area (Å²) in [5.41, 5.74) is 1.19. The SMILES string of the molecule is O=C1c2ccccc2C(=O)N1CC(=O)N1N=C(c2ccco2)CC1c1ccco1. The van der Waals surface area contributed by atoms with Crippen LogP contribution in [0.4, 0.5) is 0 Å². The van der Waals surface area contributed by atoms with Crippen molar-refractivity contribution in [3.05, 3.63) is 83.7 Å². The minimum atomic E-state index is -0.484. The normalized spacial score (nSPS) is 18.3. The molecule has 0 saturated heterocycles. The van der Waals surface area contributed by atoms with Crippen molar-refractivity contribution in [1.82, 2.24) is 9.91 Å². The summed E-state index contributed by atoms with van der Waals surface area (Å²) < 4.78 is 10.9. The van der Waals surface area contributed by atoms with Gasteiger partial charge < -0.3 is 8.83 Å². The van der Waals surface area contributed by atoms with Crippen molar-refractivity contribution in [2.24, 2.45) is 5.10 Å². The second-order valence-electron chi connectivity index (χ2n) is 6.74. The van der Waals surface area contributed by atoms with Crippen LogP contribution in [0.1, 0.15) is 44.7 Å². The first-order chi connectivity index (χ1) is 14.1. The quantitative estimate of drug-likeness (QED) is 0.639. The molecule has 5 rings (SSSR count). The van der Waals surface area contributed by atoms with Crippen LogP contribution in [0.5, 0.6) is 0 Å². The fourth-order valence-corrected chi connectivity index (χ4v) is 3.62. The highest BCUT2D eigenvalue weighted by Crippen LogP contribution is 2.33. The number of furan rings is 2. The minimum absolute atomic E-state index is 0.300. The highest BCUT2D eigenvalue weighted by molar-refractivity contribution is 6.22. The number of carbonyl (C=O) groups is 3. The topological polar surface area (TPSA) is 96.3 Å². The zero-order valence-electron chi connectivity index (χ0n) is 15.1. The Kier molecular flexibility index (Phi) is 3.90. The third-order valence-electron chi connectivity index (χ3n) is 5.01. The lowest BCUT2D eigenvalue weighted by molar-refractivity contribution is -0.133. The average molecular weight is 389 g/mol. The highest BCUT2D eigenvalue weighted by atomic mass is 16.3. The number of benzene rings is 1. The first kappa shape index (κ1) is 17.2. The number of carbonyl (C=O) groups excluding carboxylic acids is 3. The van der Waals surface area contributed by atoms with Crippen molar-refractivity contribution in [3.63, 3.8) is 0 Å². The average Bonchev–Trinajstić information content (AvgIpc) is 3.51. The number of amides is 3. The number of rotatable bonds is 4. The van der Waals surface area contributed by atoms with Crippen LogP contribution in [-0.2, 0) is 4.79 Å². The van der Waals surface area contributed by atoms with E-state index in [9.17, 15) is 14.4 Å². The van der Waals surface area contributed by atoms with Crippen LogP contribution >= 0.6 is 0 Å². The van der Waals surface area contributed by atoms with Gasteiger partial charge in [-0.15, -0.1) is 0 Å². The summed E-state index contributed by atoms with van der Waals surface area (Å²) in [4.78, 5) is 39.2. The van der Waals surface area contributed by atoms with Gasteiger partial charge >= 0.3 is 0 Å². The third kappa shape index (κ3) is 2.77. The van der Waals surface area contributed by atoms with E-state index in [1.54, 1.807) is 48.5 Å². The van der Waals surface area contributed by atoms with Gasteiger partial charge in [0.1, 0.15) is 29.8 Å². The third-order valence-corrected chi connectivity index (χ3v) is 5.01. The smallest absolute Gasteiger partial charge is 0.263 e. The van der Waals surface area contributed by atoms with E-state index in [1.807, 2.05) is 0 Å². The Labute approximate surface area is 165 Å². The Bertz CT molecular complexity index is 1100. The van der Waals surface area contributed by atoms with E-state index < -0.39 is 30.3 Å². The summed E-state index contributed by atoms with van der Waals surface area (Å²) in [6.45, 7) is -0.404. The lowest BCUT2D eigenvalue weighted by Gasteiger charge is -2.22. The fourth-order valence-electron chi connectivity index (χ4n) is 3.62. The number of hydrogen-bond acceptors (Lipinski definition) is 6. The van der Waals surface area contributed by atoms with Gasteiger partial charge in [0.25, 0.3) is 17.7 Å². The number of hydrogen-bond donors (Lipinski definition) is 0.